The lowest BCUT2D eigenvalue weighted by atomic mass is 9.75. The van der Waals surface area contributed by atoms with Gasteiger partial charge in [0, 0.05) is 16.9 Å². The van der Waals surface area contributed by atoms with Gasteiger partial charge in [0.15, 0.2) is 0 Å². The molecule has 0 N–H and O–H groups in total. The van der Waals surface area contributed by atoms with E-state index in [1.807, 2.05) is 24.3 Å². The van der Waals surface area contributed by atoms with Crippen LogP contribution < -0.4 is 4.74 Å². The summed E-state index contributed by atoms with van der Waals surface area (Å²) in [6, 6.07) is 7.59. The van der Waals surface area contributed by atoms with E-state index in [0.717, 1.165) is 63.4 Å². The number of hydrogen-bond donors (Lipinski definition) is 0. The standard InChI is InChI=1S/C26H33ClO2/c1-3-21(4-2)22-11-13-23(14-12-22)26(28)29-25-17-9-20(10-18-25)6-5-19-7-15-24(27)16-8-19/h3,9-10,17-19,21-24H,1,4,7-8,11-16H2,2H3/t19-,21?,22-,23-,24-. The smallest absolute Gasteiger partial charge is 0.314 e. The summed E-state index contributed by atoms with van der Waals surface area (Å²) in [6.07, 6.45) is 11.5. The van der Waals surface area contributed by atoms with Crippen LogP contribution in [0.3, 0.4) is 0 Å². The molecule has 2 nitrogen and oxygen atoms in total. The van der Waals surface area contributed by atoms with Crippen molar-refractivity contribution in [3.8, 4) is 17.6 Å². The average molecular weight is 413 g/mol. The van der Waals surface area contributed by atoms with Crippen LogP contribution in [0.25, 0.3) is 0 Å². The Morgan fingerprint density at radius 1 is 1.14 bits per heavy atom. The normalized spacial score (nSPS) is 27.9. The highest BCUT2D eigenvalue weighted by Gasteiger charge is 2.30. The molecule has 156 valence electrons. The fourth-order valence-electron chi connectivity index (χ4n) is 4.66. The van der Waals surface area contributed by atoms with E-state index < -0.39 is 0 Å². The Hall–Kier alpha value is -1.72. The average Bonchev–Trinajstić information content (AvgIpc) is 2.76. The minimum atomic E-state index is -0.0910. The van der Waals surface area contributed by atoms with E-state index in [2.05, 4.69) is 31.4 Å². The molecule has 1 unspecified atom stereocenters. The molecule has 3 heteroatoms. The molecule has 2 aliphatic rings. The molecule has 0 saturated heterocycles. The zero-order chi connectivity index (χ0) is 20.6. The van der Waals surface area contributed by atoms with Crippen molar-refractivity contribution in [1.29, 1.82) is 0 Å². The van der Waals surface area contributed by atoms with Gasteiger partial charge in [-0.3, -0.25) is 4.79 Å². The maximum atomic E-state index is 12.5. The second kappa shape index (κ2) is 10.9. The highest BCUT2D eigenvalue weighted by molar-refractivity contribution is 6.20. The summed E-state index contributed by atoms with van der Waals surface area (Å²) in [4.78, 5) is 12.5. The minimum Gasteiger partial charge on any atom is -0.426 e. The number of allylic oxidation sites excluding steroid dienone is 1. The van der Waals surface area contributed by atoms with Gasteiger partial charge in [0.25, 0.3) is 0 Å². The van der Waals surface area contributed by atoms with Crippen LogP contribution in [0.15, 0.2) is 36.9 Å². The molecule has 1 atom stereocenters. The number of rotatable bonds is 5. The molecule has 0 amide bonds. The fourth-order valence-corrected chi connectivity index (χ4v) is 4.92. The van der Waals surface area contributed by atoms with Gasteiger partial charge in [0.05, 0.1) is 5.92 Å². The third-order valence-electron chi connectivity index (χ3n) is 6.63. The molecular formula is C26H33ClO2. The van der Waals surface area contributed by atoms with Gasteiger partial charge in [0.1, 0.15) is 5.75 Å². The van der Waals surface area contributed by atoms with Crippen LogP contribution in [0.4, 0.5) is 0 Å². The highest BCUT2D eigenvalue weighted by atomic mass is 35.5. The minimum absolute atomic E-state index is 0.0186. The van der Waals surface area contributed by atoms with E-state index in [4.69, 9.17) is 16.3 Å². The van der Waals surface area contributed by atoms with Crippen molar-refractivity contribution in [2.75, 3.05) is 0 Å². The van der Waals surface area contributed by atoms with Crippen molar-refractivity contribution < 1.29 is 9.53 Å². The van der Waals surface area contributed by atoms with E-state index in [1.165, 1.54) is 0 Å². The van der Waals surface area contributed by atoms with Crippen molar-refractivity contribution in [1.82, 2.24) is 0 Å². The van der Waals surface area contributed by atoms with Crippen molar-refractivity contribution in [3.05, 3.63) is 42.5 Å². The molecule has 0 spiro atoms. The predicted molar refractivity (Wildman–Crippen MR) is 120 cm³/mol. The maximum absolute atomic E-state index is 12.5. The molecule has 0 heterocycles. The molecule has 0 bridgehead atoms. The lowest BCUT2D eigenvalue weighted by Gasteiger charge is -2.31. The summed E-state index contributed by atoms with van der Waals surface area (Å²) in [5.41, 5.74) is 0.966. The van der Waals surface area contributed by atoms with E-state index >= 15 is 0 Å². The Bertz CT molecular complexity index is 726. The van der Waals surface area contributed by atoms with Crippen LogP contribution in [0, 0.1) is 35.5 Å². The summed E-state index contributed by atoms with van der Waals surface area (Å²) >= 11 is 6.15. The van der Waals surface area contributed by atoms with Gasteiger partial charge < -0.3 is 4.74 Å². The van der Waals surface area contributed by atoms with Crippen LogP contribution in [0.1, 0.15) is 70.3 Å². The Balaban J connectivity index is 1.47. The predicted octanol–water partition coefficient (Wildman–Crippen LogP) is 6.76. The third kappa shape index (κ3) is 6.38. The summed E-state index contributed by atoms with van der Waals surface area (Å²) in [7, 11) is 0. The summed E-state index contributed by atoms with van der Waals surface area (Å²) in [6.45, 7) is 6.17. The second-order valence-electron chi connectivity index (χ2n) is 8.58. The van der Waals surface area contributed by atoms with Gasteiger partial charge in [-0.1, -0.05) is 24.8 Å². The summed E-state index contributed by atoms with van der Waals surface area (Å²) in [5.74, 6) is 8.86. The monoisotopic (exact) mass is 412 g/mol. The van der Waals surface area contributed by atoms with E-state index in [1.54, 1.807) is 0 Å². The first-order valence-corrected chi connectivity index (χ1v) is 11.6. The second-order valence-corrected chi connectivity index (χ2v) is 9.20. The van der Waals surface area contributed by atoms with E-state index in [9.17, 15) is 4.79 Å². The van der Waals surface area contributed by atoms with Gasteiger partial charge in [-0.15, -0.1) is 18.2 Å². The molecule has 3 rings (SSSR count). The lowest BCUT2D eigenvalue weighted by molar-refractivity contribution is -0.140. The third-order valence-corrected chi connectivity index (χ3v) is 7.07. The van der Waals surface area contributed by atoms with E-state index in [-0.39, 0.29) is 11.9 Å². The largest absolute Gasteiger partial charge is 0.426 e. The maximum Gasteiger partial charge on any atom is 0.314 e. The van der Waals surface area contributed by atoms with Crippen molar-refractivity contribution in [2.45, 2.75) is 70.1 Å². The van der Waals surface area contributed by atoms with Crippen molar-refractivity contribution >= 4 is 17.6 Å². The first-order valence-electron chi connectivity index (χ1n) is 11.2. The van der Waals surface area contributed by atoms with Crippen LogP contribution >= 0.6 is 11.6 Å². The molecule has 1 aromatic carbocycles. The number of carbonyl (C=O) groups excluding carboxylic acids is 1. The van der Waals surface area contributed by atoms with Gasteiger partial charge >= 0.3 is 5.97 Å². The summed E-state index contributed by atoms with van der Waals surface area (Å²) < 4.78 is 5.64. The first kappa shape index (κ1) is 22.0. The van der Waals surface area contributed by atoms with Crippen molar-refractivity contribution in [3.63, 3.8) is 0 Å². The zero-order valence-electron chi connectivity index (χ0n) is 17.5. The van der Waals surface area contributed by atoms with Gasteiger partial charge in [-0.2, -0.15) is 0 Å². The Morgan fingerprint density at radius 3 is 2.38 bits per heavy atom. The van der Waals surface area contributed by atoms with Crippen LogP contribution in [-0.2, 0) is 4.79 Å². The summed E-state index contributed by atoms with van der Waals surface area (Å²) in [5, 5.41) is 0.326. The van der Waals surface area contributed by atoms with E-state index in [0.29, 0.717) is 28.9 Å². The Labute approximate surface area is 181 Å². The Morgan fingerprint density at radius 2 is 1.79 bits per heavy atom. The molecule has 0 radical (unpaired) electrons. The molecule has 0 aromatic heterocycles. The number of alkyl halides is 1. The number of halogens is 1. The quantitative estimate of drug-likeness (QED) is 0.175. The number of carbonyl (C=O) groups is 1. The number of ether oxygens (including phenoxy) is 1. The molecular weight excluding hydrogens is 380 g/mol. The number of benzene rings is 1. The molecule has 2 fully saturated rings. The fraction of sp³-hybridized carbons (Fsp3) is 0.577. The molecule has 1 aromatic rings. The van der Waals surface area contributed by atoms with Crippen LogP contribution in [0.2, 0.25) is 0 Å². The van der Waals surface area contributed by atoms with Crippen LogP contribution in [-0.4, -0.2) is 11.3 Å². The van der Waals surface area contributed by atoms with Gasteiger partial charge in [-0.25, -0.2) is 0 Å². The van der Waals surface area contributed by atoms with Gasteiger partial charge in [-0.05, 0) is 93.9 Å². The van der Waals surface area contributed by atoms with Gasteiger partial charge in [0.2, 0.25) is 0 Å². The van der Waals surface area contributed by atoms with Crippen LogP contribution in [0.5, 0.6) is 5.75 Å². The number of esters is 1. The number of hydrogen-bond acceptors (Lipinski definition) is 2. The zero-order valence-corrected chi connectivity index (χ0v) is 18.3. The Kier molecular flexibility index (Phi) is 8.25. The molecule has 0 aliphatic heterocycles. The SMILES string of the molecule is C=CC(CC)[C@H]1CC[C@H](C(=O)Oc2ccc(C#C[C@H]3CC[C@H](Cl)CC3)cc2)CC1. The molecule has 29 heavy (non-hydrogen) atoms. The topological polar surface area (TPSA) is 26.3 Å². The molecule has 2 saturated carbocycles. The first-order chi connectivity index (χ1) is 14.1. The highest BCUT2D eigenvalue weighted by Crippen LogP contribution is 2.36. The molecule has 2 aliphatic carbocycles. The lowest BCUT2D eigenvalue weighted by Crippen LogP contribution is -2.27. The van der Waals surface area contributed by atoms with Crippen molar-refractivity contribution in [2.24, 2.45) is 23.7 Å².